The zero-order valence-electron chi connectivity index (χ0n) is 11.2. The lowest BCUT2D eigenvalue weighted by atomic mass is 9.84. The molecule has 4 rings (SSSR count). The number of nitrogens with one attached hydrogen (secondary N) is 2. The molecule has 5 nitrogen and oxygen atoms in total. The van der Waals surface area contributed by atoms with Crippen LogP contribution < -0.4 is 11.1 Å². The molecule has 1 heterocycles. The maximum atomic E-state index is 12.4. The van der Waals surface area contributed by atoms with Crippen molar-refractivity contribution in [1.82, 2.24) is 9.97 Å². The van der Waals surface area contributed by atoms with E-state index in [1.165, 1.54) is 6.42 Å². The summed E-state index contributed by atoms with van der Waals surface area (Å²) in [6, 6.07) is 7.75. The summed E-state index contributed by atoms with van der Waals surface area (Å²) >= 11 is 0. The third-order valence-corrected chi connectivity index (χ3v) is 4.91. The number of nitrogens with zero attached hydrogens (tertiary/aromatic N) is 1. The maximum Gasteiger partial charge on any atom is 0.231 e. The highest BCUT2D eigenvalue weighted by Crippen LogP contribution is 2.47. The molecule has 1 amide bonds. The van der Waals surface area contributed by atoms with Crippen molar-refractivity contribution in [3.8, 4) is 0 Å². The molecule has 0 aliphatic heterocycles. The Morgan fingerprint density at radius 1 is 1.30 bits per heavy atom. The van der Waals surface area contributed by atoms with Gasteiger partial charge in [0.1, 0.15) is 0 Å². The van der Waals surface area contributed by atoms with Gasteiger partial charge in [-0.3, -0.25) is 10.1 Å². The van der Waals surface area contributed by atoms with Gasteiger partial charge in [-0.2, -0.15) is 0 Å². The third kappa shape index (κ3) is 1.73. The average Bonchev–Trinajstić information content (AvgIpc) is 3.10. The van der Waals surface area contributed by atoms with E-state index < -0.39 is 0 Å². The standard InChI is InChI=1S/C15H18N4O/c16-13-9-6-5-8(7-9)12(13)14(20)19-15-17-10-3-1-2-4-11(10)18-15/h1-4,8-9,12-13H,5-7,16H2,(H2,17,18,19,20). The fourth-order valence-electron chi connectivity index (χ4n) is 3.94. The maximum absolute atomic E-state index is 12.4. The molecule has 0 radical (unpaired) electrons. The number of amides is 1. The molecule has 2 aliphatic rings. The highest BCUT2D eigenvalue weighted by molar-refractivity contribution is 5.93. The number of para-hydroxylation sites is 2. The summed E-state index contributed by atoms with van der Waals surface area (Å²) < 4.78 is 0. The molecule has 2 aliphatic carbocycles. The lowest BCUT2D eigenvalue weighted by molar-refractivity contribution is -0.121. The predicted molar refractivity (Wildman–Crippen MR) is 77.0 cm³/mol. The second kappa shape index (κ2) is 4.31. The number of aromatic amines is 1. The van der Waals surface area contributed by atoms with E-state index in [1.54, 1.807) is 0 Å². The number of benzene rings is 1. The van der Waals surface area contributed by atoms with Crippen molar-refractivity contribution in [2.45, 2.75) is 25.3 Å². The molecule has 1 aromatic carbocycles. The molecular formula is C15H18N4O. The van der Waals surface area contributed by atoms with Crippen molar-refractivity contribution in [2.24, 2.45) is 23.5 Å². The minimum absolute atomic E-state index is 0.0122. The number of carbonyl (C=O) groups excluding carboxylic acids is 1. The molecule has 4 atom stereocenters. The topological polar surface area (TPSA) is 83.8 Å². The monoisotopic (exact) mass is 270 g/mol. The molecule has 4 unspecified atom stereocenters. The van der Waals surface area contributed by atoms with Crippen LogP contribution in [-0.2, 0) is 4.79 Å². The number of imidazole rings is 1. The van der Waals surface area contributed by atoms with E-state index in [2.05, 4.69) is 15.3 Å². The summed E-state index contributed by atoms with van der Waals surface area (Å²) in [5.74, 6) is 1.47. The van der Waals surface area contributed by atoms with Gasteiger partial charge in [0.25, 0.3) is 0 Å². The van der Waals surface area contributed by atoms with Gasteiger partial charge in [0.05, 0.1) is 17.0 Å². The number of carbonyl (C=O) groups is 1. The molecule has 20 heavy (non-hydrogen) atoms. The highest BCUT2D eigenvalue weighted by atomic mass is 16.2. The zero-order valence-corrected chi connectivity index (χ0v) is 11.2. The Kier molecular flexibility index (Phi) is 2.57. The molecule has 2 bridgehead atoms. The number of aromatic nitrogens is 2. The van der Waals surface area contributed by atoms with E-state index in [9.17, 15) is 4.79 Å². The van der Waals surface area contributed by atoms with Crippen molar-refractivity contribution in [3.63, 3.8) is 0 Å². The van der Waals surface area contributed by atoms with E-state index in [0.717, 1.165) is 23.9 Å². The third-order valence-electron chi connectivity index (χ3n) is 4.91. The van der Waals surface area contributed by atoms with E-state index in [0.29, 0.717) is 17.8 Å². The van der Waals surface area contributed by atoms with Crippen LogP contribution in [0.1, 0.15) is 19.3 Å². The number of fused-ring (bicyclic) bond motifs is 3. The minimum Gasteiger partial charge on any atom is -0.327 e. The smallest absolute Gasteiger partial charge is 0.231 e. The van der Waals surface area contributed by atoms with Crippen LogP contribution in [0.5, 0.6) is 0 Å². The van der Waals surface area contributed by atoms with Gasteiger partial charge in [-0.15, -0.1) is 0 Å². The van der Waals surface area contributed by atoms with Crippen LogP contribution in [0.4, 0.5) is 5.95 Å². The van der Waals surface area contributed by atoms with Gasteiger partial charge in [-0.25, -0.2) is 4.98 Å². The van der Waals surface area contributed by atoms with Gasteiger partial charge in [-0.1, -0.05) is 12.1 Å². The summed E-state index contributed by atoms with van der Waals surface area (Å²) in [6.07, 6.45) is 3.43. The minimum atomic E-state index is -0.0537. The van der Waals surface area contributed by atoms with Crippen LogP contribution >= 0.6 is 0 Å². The van der Waals surface area contributed by atoms with Crippen LogP contribution in [0.3, 0.4) is 0 Å². The fraction of sp³-hybridized carbons (Fsp3) is 0.467. The lowest BCUT2D eigenvalue weighted by Gasteiger charge is -2.26. The number of H-pyrrole nitrogens is 1. The molecule has 2 saturated carbocycles. The zero-order chi connectivity index (χ0) is 13.7. The van der Waals surface area contributed by atoms with Crippen molar-refractivity contribution in [2.75, 3.05) is 5.32 Å². The highest BCUT2D eigenvalue weighted by Gasteiger charge is 2.49. The van der Waals surface area contributed by atoms with E-state index in [4.69, 9.17) is 5.73 Å². The van der Waals surface area contributed by atoms with Gasteiger partial charge in [-0.05, 0) is 43.2 Å². The van der Waals surface area contributed by atoms with Crippen LogP contribution in [-0.4, -0.2) is 21.9 Å². The van der Waals surface area contributed by atoms with Crippen molar-refractivity contribution in [1.29, 1.82) is 0 Å². The molecule has 5 heteroatoms. The number of hydrogen-bond donors (Lipinski definition) is 3. The summed E-state index contributed by atoms with van der Waals surface area (Å²) in [5, 5.41) is 2.90. The first kappa shape index (κ1) is 11.9. The summed E-state index contributed by atoms with van der Waals surface area (Å²) in [5.41, 5.74) is 7.99. The average molecular weight is 270 g/mol. The Labute approximate surface area is 117 Å². The summed E-state index contributed by atoms with van der Waals surface area (Å²) in [6.45, 7) is 0. The number of rotatable bonds is 2. The van der Waals surface area contributed by atoms with Gasteiger partial charge in [0.15, 0.2) is 0 Å². The predicted octanol–water partition coefficient (Wildman–Crippen LogP) is 1.87. The first-order valence-corrected chi connectivity index (χ1v) is 7.23. The fourth-order valence-corrected chi connectivity index (χ4v) is 3.94. The molecule has 0 spiro atoms. The Morgan fingerprint density at radius 3 is 2.85 bits per heavy atom. The van der Waals surface area contributed by atoms with Crippen molar-refractivity contribution in [3.05, 3.63) is 24.3 Å². The number of anilines is 1. The number of hydrogen-bond acceptors (Lipinski definition) is 3. The second-order valence-electron chi connectivity index (χ2n) is 6.03. The second-order valence-corrected chi connectivity index (χ2v) is 6.03. The lowest BCUT2D eigenvalue weighted by Crippen LogP contribution is -2.42. The summed E-state index contributed by atoms with van der Waals surface area (Å²) in [4.78, 5) is 19.9. The van der Waals surface area contributed by atoms with Crippen LogP contribution in [0.2, 0.25) is 0 Å². The van der Waals surface area contributed by atoms with Crippen molar-refractivity contribution < 1.29 is 4.79 Å². The molecule has 2 fully saturated rings. The molecule has 2 aromatic rings. The molecule has 104 valence electrons. The van der Waals surface area contributed by atoms with Crippen LogP contribution in [0.15, 0.2) is 24.3 Å². The van der Waals surface area contributed by atoms with E-state index in [1.807, 2.05) is 24.3 Å². The quantitative estimate of drug-likeness (QED) is 0.779. The van der Waals surface area contributed by atoms with Gasteiger partial charge >= 0.3 is 0 Å². The van der Waals surface area contributed by atoms with E-state index in [-0.39, 0.29) is 17.9 Å². The van der Waals surface area contributed by atoms with Gasteiger partial charge in [0.2, 0.25) is 11.9 Å². The first-order chi connectivity index (χ1) is 9.72. The van der Waals surface area contributed by atoms with Gasteiger partial charge in [0, 0.05) is 6.04 Å². The Balaban J connectivity index is 1.55. The van der Waals surface area contributed by atoms with Crippen LogP contribution in [0, 0.1) is 17.8 Å². The largest absolute Gasteiger partial charge is 0.327 e. The molecular weight excluding hydrogens is 252 g/mol. The summed E-state index contributed by atoms with van der Waals surface area (Å²) in [7, 11) is 0. The van der Waals surface area contributed by atoms with Crippen molar-refractivity contribution >= 4 is 22.9 Å². The first-order valence-electron chi connectivity index (χ1n) is 7.23. The van der Waals surface area contributed by atoms with E-state index >= 15 is 0 Å². The molecule has 1 aromatic heterocycles. The number of nitrogens with two attached hydrogens (primary N) is 1. The normalized spacial score (nSPS) is 31.9. The van der Waals surface area contributed by atoms with Crippen LogP contribution in [0.25, 0.3) is 11.0 Å². The Bertz CT molecular complexity index is 630. The Morgan fingerprint density at radius 2 is 2.10 bits per heavy atom. The van der Waals surface area contributed by atoms with Gasteiger partial charge < -0.3 is 10.7 Å². The molecule has 4 N–H and O–H groups in total. The SMILES string of the molecule is NC1C2CCC(C2)C1C(=O)Nc1nc2ccccc2[nH]1. The molecule has 0 saturated heterocycles. The Hall–Kier alpha value is -1.88.